The van der Waals surface area contributed by atoms with Gasteiger partial charge in [0.05, 0.1) is 0 Å². The monoisotopic (exact) mass is 233 g/mol. The Morgan fingerprint density at radius 2 is 1.94 bits per heavy atom. The molecule has 2 aromatic rings. The Balaban J connectivity index is 2.74. The molecule has 0 aliphatic rings. The Morgan fingerprint density at radius 3 is 2.50 bits per heavy atom. The third kappa shape index (κ3) is 1.99. The van der Waals surface area contributed by atoms with Crippen LogP contribution in [0.4, 0.5) is 0 Å². The second-order valence-corrected chi connectivity index (χ2v) is 6.53. The van der Waals surface area contributed by atoms with Crippen LogP contribution >= 0.6 is 11.3 Å². The van der Waals surface area contributed by atoms with Crippen LogP contribution in [0.2, 0.25) is 0 Å². The molecule has 0 amide bonds. The Bertz CT molecular complexity index is 503. The summed E-state index contributed by atoms with van der Waals surface area (Å²) in [5.74, 6) is 0.493. The van der Waals surface area contributed by atoms with Gasteiger partial charge in [-0.25, -0.2) is 4.98 Å². The van der Waals surface area contributed by atoms with E-state index >= 15 is 0 Å². The summed E-state index contributed by atoms with van der Waals surface area (Å²) in [6.07, 6.45) is 0. The van der Waals surface area contributed by atoms with Crippen LogP contribution in [0, 0.1) is 0 Å². The lowest BCUT2D eigenvalue weighted by Crippen LogP contribution is -2.12. The maximum Gasteiger partial charge on any atom is 0.123 e. The van der Waals surface area contributed by atoms with Crippen molar-refractivity contribution in [1.82, 2.24) is 4.98 Å². The van der Waals surface area contributed by atoms with E-state index in [0.717, 1.165) is 0 Å². The highest BCUT2D eigenvalue weighted by atomic mass is 32.1. The lowest BCUT2D eigenvalue weighted by atomic mass is 9.84. The molecule has 0 atom stereocenters. The van der Waals surface area contributed by atoms with Crippen molar-refractivity contribution in [2.24, 2.45) is 0 Å². The van der Waals surface area contributed by atoms with Gasteiger partial charge in [0.15, 0.2) is 0 Å². The normalized spacial score (nSPS) is 12.6. The summed E-state index contributed by atoms with van der Waals surface area (Å²) in [6.45, 7) is 11.2. The first-order valence-electron chi connectivity index (χ1n) is 5.78. The van der Waals surface area contributed by atoms with Gasteiger partial charge < -0.3 is 0 Å². The van der Waals surface area contributed by atoms with Gasteiger partial charge in [-0.05, 0) is 34.4 Å². The molecule has 0 saturated carbocycles. The molecule has 0 unspecified atom stereocenters. The minimum Gasteiger partial charge on any atom is -0.242 e. The van der Waals surface area contributed by atoms with Gasteiger partial charge in [0.1, 0.15) is 4.83 Å². The quantitative estimate of drug-likeness (QED) is 0.694. The van der Waals surface area contributed by atoms with E-state index in [1.165, 1.54) is 21.5 Å². The van der Waals surface area contributed by atoms with Gasteiger partial charge in [-0.2, -0.15) is 0 Å². The molecular weight excluding hydrogens is 214 g/mol. The van der Waals surface area contributed by atoms with Crippen molar-refractivity contribution < 1.29 is 0 Å². The van der Waals surface area contributed by atoms with Gasteiger partial charge in [0, 0.05) is 11.1 Å². The average molecular weight is 233 g/mol. The van der Waals surface area contributed by atoms with Crippen LogP contribution in [-0.2, 0) is 5.41 Å². The molecule has 2 heteroatoms. The molecule has 0 radical (unpaired) electrons. The highest BCUT2D eigenvalue weighted by Crippen LogP contribution is 2.33. The Morgan fingerprint density at radius 1 is 1.25 bits per heavy atom. The molecule has 2 rings (SSSR count). The molecule has 0 fully saturated rings. The summed E-state index contributed by atoms with van der Waals surface area (Å²) in [5.41, 5.74) is 2.81. The van der Waals surface area contributed by atoms with Crippen LogP contribution in [0.25, 0.3) is 10.2 Å². The first-order valence-corrected chi connectivity index (χ1v) is 6.66. The van der Waals surface area contributed by atoms with Crippen molar-refractivity contribution in [2.75, 3.05) is 0 Å². The lowest BCUT2D eigenvalue weighted by Gasteiger charge is -2.21. The standard InChI is InChI=1S/C14H19NS/c1-9(2)12-8-11(14(3,4)5)10-6-7-16-13(10)15-12/h6-9H,1-5H3. The van der Waals surface area contributed by atoms with Crippen molar-refractivity contribution in [3.8, 4) is 0 Å². The molecule has 0 aliphatic heterocycles. The number of rotatable bonds is 1. The number of hydrogen-bond donors (Lipinski definition) is 0. The van der Waals surface area contributed by atoms with Gasteiger partial charge in [0.25, 0.3) is 0 Å². The SMILES string of the molecule is CC(C)c1cc(C(C)(C)C)c2ccsc2n1. The topological polar surface area (TPSA) is 12.9 Å². The molecule has 0 saturated heterocycles. The summed E-state index contributed by atoms with van der Waals surface area (Å²) in [6, 6.07) is 4.47. The van der Waals surface area contributed by atoms with Crippen LogP contribution in [0.3, 0.4) is 0 Å². The molecule has 2 aromatic heterocycles. The number of pyridine rings is 1. The predicted molar refractivity (Wildman–Crippen MR) is 72.4 cm³/mol. The first-order chi connectivity index (χ1) is 7.39. The molecule has 16 heavy (non-hydrogen) atoms. The summed E-state index contributed by atoms with van der Waals surface area (Å²) in [4.78, 5) is 5.90. The van der Waals surface area contributed by atoms with E-state index < -0.39 is 0 Å². The fraction of sp³-hybridized carbons (Fsp3) is 0.500. The summed E-state index contributed by atoms with van der Waals surface area (Å²) >= 11 is 1.74. The third-order valence-electron chi connectivity index (χ3n) is 2.86. The van der Waals surface area contributed by atoms with Gasteiger partial charge in [-0.1, -0.05) is 34.6 Å². The smallest absolute Gasteiger partial charge is 0.123 e. The van der Waals surface area contributed by atoms with Crippen LogP contribution in [0.5, 0.6) is 0 Å². The van der Waals surface area contributed by atoms with E-state index in [0.29, 0.717) is 5.92 Å². The van der Waals surface area contributed by atoms with Gasteiger partial charge in [0.2, 0.25) is 0 Å². The maximum atomic E-state index is 4.73. The fourth-order valence-corrected chi connectivity index (χ4v) is 2.68. The largest absolute Gasteiger partial charge is 0.242 e. The molecule has 0 N–H and O–H groups in total. The van der Waals surface area contributed by atoms with Gasteiger partial charge in [-0.3, -0.25) is 0 Å². The van der Waals surface area contributed by atoms with E-state index in [1.54, 1.807) is 11.3 Å². The highest BCUT2D eigenvalue weighted by Gasteiger charge is 2.19. The number of thiophene rings is 1. The van der Waals surface area contributed by atoms with Crippen LogP contribution < -0.4 is 0 Å². The minimum atomic E-state index is 0.186. The summed E-state index contributed by atoms with van der Waals surface area (Å²) in [5, 5.41) is 3.46. The second-order valence-electron chi connectivity index (χ2n) is 5.64. The molecule has 2 heterocycles. The maximum absolute atomic E-state index is 4.73. The summed E-state index contributed by atoms with van der Waals surface area (Å²) < 4.78 is 0. The van der Waals surface area contributed by atoms with Crippen molar-refractivity contribution in [1.29, 1.82) is 0 Å². The number of fused-ring (bicyclic) bond motifs is 1. The Kier molecular flexibility index (Phi) is 2.79. The molecule has 86 valence electrons. The zero-order valence-electron chi connectivity index (χ0n) is 10.7. The van der Waals surface area contributed by atoms with Crippen molar-refractivity contribution in [3.05, 3.63) is 28.8 Å². The zero-order chi connectivity index (χ0) is 11.9. The average Bonchev–Trinajstić information content (AvgIpc) is 2.61. The van der Waals surface area contributed by atoms with Crippen LogP contribution in [-0.4, -0.2) is 4.98 Å². The molecule has 0 bridgehead atoms. The number of hydrogen-bond acceptors (Lipinski definition) is 2. The highest BCUT2D eigenvalue weighted by molar-refractivity contribution is 7.16. The van der Waals surface area contributed by atoms with Gasteiger partial charge >= 0.3 is 0 Å². The second kappa shape index (κ2) is 3.85. The van der Waals surface area contributed by atoms with Crippen LogP contribution in [0.15, 0.2) is 17.5 Å². The predicted octanol–water partition coefficient (Wildman–Crippen LogP) is 4.72. The van der Waals surface area contributed by atoms with E-state index in [2.05, 4.69) is 52.1 Å². The number of nitrogens with zero attached hydrogens (tertiary/aromatic N) is 1. The van der Waals surface area contributed by atoms with E-state index in [4.69, 9.17) is 4.98 Å². The van der Waals surface area contributed by atoms with Gasteiger partial charge in [-0.15, -0.1) is 11.3 Å². The molecule has 1 nitrogen and oxygen atoms in total. The lowest BCUT2D eigenvalue weighted by molar-refractivity contribution is 0.593. The van der Waals surface area contributed by atoms with Crippen molar-refractivity contribution in [3.63, 3.8) is 0 Å². The van der Waals surface area contributed by atoms with E-state index in [9.17, 15) is 0 Å². The summed E-state index contributed by atoms with van der Waals surface area (Å²) in [7, 11) is 0. The fourth-order valence-electron chi connectivity index (χ4n) is 1.88. The Hall–Kier alpha value is -0.890. The van der Waals surface area contributed by atoms with Crippen molar-refractivity contribution >= 4 is 21.6 Å². The molecular formula is C14H19NS. The minimum absolute atomic E-state index is 0.186. The zero-order valence-corrected chi connectivity index (χ0v) is 11.5. The van der Waals surface area contributed by atoms with Crippen molar-refractivity contribution in [2.45, 2.75) is 46.0 Å². The molecule has 0 spiro atoms. The van der Waals surface area contributed by atoms with E-state index in [-0.39, 0.29) is 5.41 Å². The van der Waals surface area contributed by atoms with Crippen LogP contribution in [0.1, 0.15) is 51.8 Å². The first kappa shape index (κ1) is 11.6. The Labute approximate surface area is 102 Å². The number of aromatic nitrogens is 1. The molecule has 0 aliphatic carbocycles. The molecule has 0 aromatic carbocycles. The third-order valence-corrected chi connectivity index (χ3v) is 3.66. The van der Waals surface area contributed by atoms with E-state index in [1.807, 2.05) is 0 Å².